The number of sulfonamides is 1. The summed E-state index contributed by atoms with van der Waals surface area (Å²) in [6.07, 6.45) is -4.79. The van der Waals surface area contributed by atoms with Crippen LogP contribution in [0.5, 0.6) is 0 Å². The molecule has 5 nitrogen and oxygen atoms in total. The van der Waals surface area contributed by atoms with Crippen LogP contribution in [-0.4, -0.2) is 32.3 Å². The summed E-state index contributed by atoms with van der Waals surface area (Å²) in [5.41, 5.74) is -0.931. The molecule has 0 bridgehead atoms. The average molecular weight is 435 g/mol. The highest BCUT2D eigenvalue weighted by atomic mass is 35.5. The van der Waals surface area contributed by atoms with Crippen molar-refractivity contribution < 1.29 is 26.4 Å². The molecule has 10 heteroatoms. The minimum atomic E-state index is -4.79. The zero-order chi connectivity index (χ0) is 21.1. The topological polar surface area (TPSA) is 66.5 Å². The number of alkyl halides is 3. The van der Waals surface area contributed by atoms with E-state index in [9.17, 15) is 26.4 Å². The van der Waals surface area contributed by atoms with Gasteiger partial charge in [-0.1, -0.05) is 17.7 Å². The molecule has 0 atom stereocenters. The number of carbonyl (C=O) groups excluding carboxylic acids is 1. The first-order chi connectivity index (χ1) is 13.0. The Morgan fingerprint density at radius 1 is 1.11 bits per heavy atom. The molecule has 0 aliphatic heterocycles. The van der Waals surface area contributed by atoms with Crippen molar-refractivity contribution >= 4 is 33.2 Å². The van der Waals surface area contributed by atoms with Crippen molar-refractivity contribution in [3.8, 4) is 0 Å². The van der Waals surface area contributed by atoms with Gasteiger partial charge in [-0.05, 0) is 50.2 Å². The summed E-state index contributed by atoms with van der Waals surface area (Å²) < 4.78 is 66.2. The Morgan fingerprint density at radius 2 is 1.75 bits per heavy atom. The summed E-state index contributed by atoms with van der Waals surface area (Å²) in [5, 5.41) is -0.599. The largest absolute Gasteiger partial charge is 0.417 e. The number of halogens is 4. The monoisotopic (exact) mass is 434 g/mol. The molecule has 1 amide bonds. The molecule has 2 aromatic carbocycles. The molecule has 2 rings (SSSR count). The van der Waals surface area contributed by atoms with E-state index >= 15 is 0 Å². The highest BCUT2D eigenvalue weighted by Crippen LogP contribution is 2.36. The van der Waals surface area contributed by atoms with Crippen molar-refractivity contribution in [3.05, 3.63) is 58.6 Å². The lowest BCUT2D eigenvalue weighted by Gasteiger charge is -2.19. The Hall–Kier alpha value is -2.26. The Morgan fingerprint density at radius 3 is 2.32 bits per heavy atom. The van der Waals surface area contributed by atoms with Crippen LogP contribution in [0.1, 0.15) is 29.8 Å². The van der Waals surface area contributed by atoms with Crippen molar-refractivity contribution in [1.82, 2.24) is 4.90 Å². The van der Waals surface area contributed by atoms with Crippen molar-refractivity contribution in [1.29, 1.82) is 0 Å². The van der Waals surface area contributed by atoms with Gasteiger partial charge in [-0.3, -0.25) is 9.52 Å². The van der Waals surface area contributed by atoms with E-state index in [0.717, 1.165) is 12.1 Å². The number of benzene rings is 2. The fourth-order valence-electron chi connectivity index (χ4n) is 2.51. The highest BCUT2D eigenvalue weighted by molar-refractivity contribution is 7.92. The molecule has 0 aliphatic rings. The minimum Gasteiger partial charge on any atom is -0.339 e. The molecule has 0 fully saturated rings. The van der Waals surface area contributed by atoms with Crippen molar-refractivity contribution in [2.45, 2.75) is 24.9 Å². The Labute approximate surface area is 166 Å². The fraction of sp³-hybridized carbons (Fsp3) is 0.278. The van der Waals surface area contributed by atoms with Crippen LogP contribution in [-0.2, 0) is 16.2 Å². The first-order valence-electron chi connectivity index (χ1n) is 8.28. The second-order valence-electron chi connectivity index (χ2n) is 5.80. The normalized spacial score (nSPS) is 11.9. The zero-order valence-corrected chi connectivity index (χ0v) is 16.6. The maximum Gasteiger partial charge on any atom is 0.417 e. The summed E-state index contributed by atoms with van der Waals surface area (Å²) in [7, 11) is -4.32. The molecular weight excluding hydrogens is 417 g/mol. The number of hydrogen-bond acceptors (Lipinski definition) is 3. The van der Waals surface area contributed by atoms with Crippen LogP contribution in [0.2, 0.25) is 5.02 Å². The predicted molar refractivity (Wildman–Crippen MR) is 101 cm³/mol. The molecule has 0 saturated carbocycles. The SMILES string of the molecule is CCN(CC)C(=O)c1cccc(NS(=O)(=O)c2ccc(Cl)c(C(F)(F)F)c2)c1. The van der Waals surface area contributed by atoms with Crippen LogP contribution in [0.3, 0.4) is 0 Å². The standard InChI is InChI=1S/C18H18ClF3N2O3S/c1-3-24(4-2)17(25)12-6-5-7-13(10-12)23-28(26,27)14-8-9-16(19)15(11-14)18(20,21)22/h5-11,23H,3-4H2,1-2H3. The highest BCUT2D eigenvalue weighted by Gasteiger charge is 2.34. The molecule has 0 aromatic heterocycles. The molecule has 28 heavy (non-hydrogen) atoms. The van der Waals surface area contributed by atoms with Crippen LogP contribution < -0.4 is 4.72 Å². The number of hydrogen-bond donors (Lipinski definition) is 1. The van der Waals surface area contributed by atoms with Crippen LogP contribution in [0.4, 0.5) is 18.9 Å². The smallest absolute Gasteiger partial charge is 0.339 e. The Kier molecular flexibility index (Phi) is 6.61. The summed E-state index contributed by atoms with van der Waals surface area (Å²) in [6.45, 7) is 4.59. The summed E-state index contributed by atoms with van der Waals surface area (Å²) in [4.78, 5) is 13.4. The van der Waals surface area contributed by atoms with Gasteiger partial charge in [-0.25, -0.2) is 8.42 Å². The van der Waals surface area contributed by atoms with E-state index in [1.54, 1.807) is 4.90 Å². The van der Waals surface area contributed by atoms with Gasteiger partial charge < -0.3 is 4.90 Å². The molecule has 2 aromatic rings. The molecule has 0 radical (unpaired) electrons. The lowest BCUT2D eigenvalue weighted by atomic mass is 10.2. The van der Waals surface area contributed by atoms with Gasteiger partial charge >= 0.3 is 6.18 Å². The third-order valence-electron chi connectivity index (χ3n) is 3.97. The zero-order valence-electron chi connectivity index (χ0n) is 15.0. The summed E-state index contributed by atoms with van der Waals surface area (Å²) in [5.74, 6) is -0.281. The third-order valence-corrected chi connectivity index (χ3v) is 5.67. The second-order valence-corrected chi connectivity index (χ2v) is 7.89. The van der Waals surface area contributed by atoms with Gasteiger partial charge in [0.1, 0.15) is 0 Å². The summed E-state index contributed by atoms with van der Waals surface area (Å²) >= 11 is 5.53. The van der Waals surface area contributed by atoms with Gasteiger partial charge in [0.25, 0.3) is 15.9 Å². The molecule has 0 heterocycles. The van der Waals surface area contributed by atoms with Crippen molar-refractivity contribution in [2.24, 2.45) is 0 Å². The molecule has 152 valence electrons. The second kappa shape index (κ2) is 8.40. The van der Waals surface area contributed by atoms with E-state index in [1.165, 1.54) is 24.3 Å². The molecule has 0 saturated heterocycles. The maximum absolute atomic E-state index is 13.0. The van der Waals surface area contributed by atoms with E-state index in [1.807, 2.05) is 13.8 Å². The Bertz CT molecular complexity index is 974. The lowest BCUT2D eigenvalue weighted by molar-refractivity contribution is -0.137. The number of carbonyl (C=O) groups is 1. The molecule has 1 N–H and O–H groups in total. The van der Waals surface area contributed by atoms with E-state index in [4.69, 9.17) is 11.6 Å². The van der Waals surface area contributed by atoms with E-state index in [0.29, 0.717) is 19.2 Å². The lowest BCUT2D eigenvalue weighted by Crippen LogP contribution is -2.30. The van der Waals surface area contributed by atoms with Crippen LogP contribution in [0, 0.1) is 0 Å². The molecule has 0 aliphatic carbocycles. The quantitative estimate of drug-likeness (QED) is 0.720. The average Bonchev–Trinajstić information content (AvgIpc) is 2.61. The van der Waals surface area contributed by atoms with Gasteiger partial charge in [0.2, 0.25) is 0 Å². The van der Waals surface area contributed by atoms with Crippen LogP contribution in [0.15, 0.2) is 47.4 Å². The number of amides is 1. The van der Waals surface area contributed by atoms with E-state index < -0.39 is 31.7 Å². The van der Waals surface area contributed by atoms with Gasteiger partial charge in [0, 0.05) is 24.3 Å². The molecule has 0 spiro atoms. The third kappa shape index (κ3) is 4.96. The van der Waals surface area contributed by atoms with Gasteiger partial charge in [-0.15, -0.1) is 0 Å². The predicted octanol–water partition coefficient (Wildman–Crippen LogP) is 4.64. The van der Waals surface area contributed by atoms with Crippen molar-refractivity contribution in [2.75, 3.05) is 17.8 Å². The van der Waals surface area contributed by atoms with Gasteiger partial charge in [-0.2, -0.15) is 13.2 Å². The fourth-order valence-corrected chi connectivity index (χ4v) is 3.81. The Balaban J connectivity index is 2.35. The molecule has 0 unspecified atom stereocenters. The first kappa shape index (κ1) is 22.0. The minimum absolute atomic E-state index is 0.0570. The van der Waals surface area contributed by atoms with Crippen LogP contribution in [0.25, 0.3) is 0 Å². The number of nitrogens with zero attached hydrogens (tertiary/aromatic N) is 1. The van der Waals surface area contributed by atoms with Crippen molar-refractivity contribution in [3.63, 3.8) is 0 Å². The van der Waals surface area contributed by atoms with E-state index in [2.05, 4.69) is 4.72 Å². The first-order valence-corrected chi connectivity index (χ1v) is 10.1. The number of anilines is 1. The maximum atomic E-state index is 13.0. The molecular formula is C18H18ClF3N2O3S. The van der Waals surface area contributed by atoms with Crippen LogP contribution >= 0.6 is 11.6 Å². The summed E-state index contributed by atoms with van der Waals surface area (Å²) in [6, 6.07) is 8.07. The number of rotatable bonds is 6. The number of nitrogens with one attached hydrogen (secondary N) is 1. The van der Waals surface area contributed by atoms with Gasteiger partial charge in [0.05, 0.1) is 15.5 Å². The van der Waals surface area contributed by atoms with E-state index in [-0.39, 0.29) is 17.2 Å². The van der Waals surface area contributed by atoms with Gasteiger partial charge in [0.15, 0.2) is 0 Å².